The van der Waals surface area contributed by atoms with Gasteiger partial charge in [0.2, 0.25) is 0 Å². The molecule has 0 fully saturated rings. The third-order valence-corrected chi connectivity index (χ3v) is 2.90. The maximum Gasteiger partial charge on any atom is 0.123 e. The van der Waals surface area contributed by atoms with E-state index >= 15 is 0 Å². The maximum absolute atomic E-state index is 12.8. The molecule has 0 amide bonds. The van der Waals surface area contributed by atoms with Crippen molar-refractivity contribution in [2.24, 2.45) is 11.5 Å². The highest BCUT2D eigenvalue weighted by atomic mass is 35.5. The Balaban J connectivity index is 0.00000180. The van der Waals surface area contributed by atoms with E-state index in [0.29, 0.717) is 0 Å². The molecule has 0 saturated carbocycles. The Hall–Kier alpha value is -1.20. The fourth-order valence-corrected chi connectivity index (χ4v) is 1.78. The fourth-order valence-electron chi connectivity index (χ4n) is 1.78. The first-order valence-electron chi connectivity index (χ1n) is 5.60. The summed E-state index contributed by atoms with van der Waals surface area (Å²) in [6.45, 7) is 0. The van der Waals surface area contributed by atoms with Gasteiger partial charge in [0, 0.05) is 12.1 Å². The van der Waals surface area contributed by atoms with Crippen LogP contribution in [0.2, 0.25) is 0 Å². The predicted octanol–water partition coefficient (Wildman–Crippen LogP) is 3.51. The van der Waals surface area contributed by atoms with Crippen molar-refractivity contribution < 1.29 is 8.78 Å². The fraction of sp³-hybridized carbons (Fsp3) is 0.143. The molecular weight excluding hydrogens is 305 g/mol. The van der Waals surface area contributed by atoms with E-state index in [2.05, 4.69) is 0 Å². The van der Waals surface area contributed by atoms with E-state index in [1.807, 2.05) is 0 Å². The smallest absolute Gasteiger partial charge is 0.123 e. The van der Waals surface area contributed by atoms with Gasteiger partial charge >= 0.3 is 0 Å². The Morgan fingerprint density at radius 3 is 1.10 bits per heavy atom. The molecule has 2 nitrogen and oxygen atoms in total. The van der Waals surface area contributed by atoms with Gasteiger partial charge in [0.1, 0.15) is 11.6 Å². The molecule has 0 spiro atoms. The van der Waals surface area contributed by atoms with E-state index in [0.717, 1.165) is 11.1 Å². The van der Waals surface area contributed by atoms with Crippen molar-refractivity contribution in [2.45, 2.75) is 12.1 Å². The molecule has 0 bridgehead atoms. The molecule has 2 aromatic carbocycles. The summed E-state index contributed by atoms with van der Waals surface area (Å²) < 4.78 is 25.6. The average molecular weight is 321 g/mol. The molecule has 6 heteroatoms. The van der Waals surface area contributed by atoms with E-state index in [4.69, 9.17) is 11.5 Å². The normalized spacial score (nSPS) is 12.8. The number of halogens is 4. The van der Waals surface area contributed by atoms with E-state index in [1.54, 1.807) is 24.3 Å². The van der Waals surface area contributed by atoms with Gasteiger partial charge in [-0.15, -0.1) is 24.8 Å². The first-order chi connectivity index (χ1) is 8.58. The van der Waals surface area contributed by atoms with Gasteiger partial charge in [0.05, 0.1) is 0 Å². The zero-order valence-corrected chi connectivity index (χ0v) is 12.1. The van der Waals surface area contributed by atoms with Crippen LogP contribution < -0.4 is 11.5 Å². The summed E-state index contributed by atoms with van der Waals surface area (Å²) in [6, 6.07) is 10.8. The molecule has 2 rings (SSSR count). The monoisotopic (exact) mass is 320 g/mol. The number of nitrogens with two attached hydrogens (primary N) is 2. The average Bonchev–Trinajstić information content (AvgIpc) is 2.39. The molecule has 2 unspecified atom stereocenters. The number of hydrogen-bond donors (Lipinski definition) is 2. The zero-order chi connectivity index (χ0) is 13.1. The standard InChI is InChI=1S/C14H14F2N2.2ClH/c15-11-5-1-9(2-6-11)13(17)14(18)10-3-7-12(16)8-4-10;;/h1-8,13-14H,17-18H2;2*1H. The van der Waals surface area contributed by atoms with Crippen LogP contribution in [0.5, 0.6) is 0 Å². The minimum Gasteiger partial charge on any atom is -0.322 e. The highest BCUT2D eigenvalue weighted by Crippen LogP contribution is 2.24. The van der Waals surface area contributed by atoms with Gasteiger partial charge in [0.25, 0.3) is 0 Å². The van der Waals surface area contributed by atoms with Gasteiger partial charge in [-0.05, 0) is 35.4 Å². The van der Waals surface area contributed by atoms with Gasteiger partial charge in [-0.2, -0.15) is 0 Å². The molecule has 4 N–H and O–H groups in total. The molecule has 0 aliphatic carbocycles. The summed E-state index contributed by atoms with van der Waals surface area (Å²) in [5.41, 5.74) is 13.5. The van der Waals surface area contributed by atoms with Crippen LogP contribution >= 0.6 is 24.8 Å². The number of hydrogen-bond acceptors (Lipinski definition) is 2. The van der Waals surface area contributed by atoms with Crippen molar-refractivity contribution in [3.05, 3.63) is 71.3 Å². The lowest BCUT2D eigenvalue weighted by Gasteiger charge is -2.20. The third-order valence-electron chi connectivity index (χ3n) is 2.90. The van der Waals surface area contributed by atoms with Crippen LogP contribution in [0, 0.1) is 11.6 Å². The first-order valence-corrected chi connectivity index (χ1v) is 5.60. The van der Waals surface area contributed by atoms with E-state index in [9.17, 15) is 8.78 Å². The van der Waals surface area contributed by atoms with Gasteiger partial charge in [-0.25, -0.2) is 8.78 Å². The quantitative estimate of drug-likeness (QED) is 0.909. The molecule has 110 valence electrons. The van der Waals surface area contributed by atoms with E-state index < -0.39 is 12.1 Å². The van der Waals surface area contributed by atoms with Gasteiger partial charge in [-0.3, -0.25) is 0 Å². The van der Waals surface area contributed by atoms with Crippen LogP contribution in [0.1, 0.15) is 23.2 Å². The lowest BCUT2D eigenvalue weighted by Crippen LogP contribution is -2.26. The molecule has 0 radical (unpaired) electrons. The predicted molar refractivity (Wildman–Crippen MR) is 81.2 cm³/mol. The van der Waals surface area contributed by atoms with Crippen LogP contribution in [0.3, 0.4) is 0 Å². The van der Waals surface area contributed by atoms with Crippen molar-refractivity contribution in [1.29, 1.82) is 0 Å². The minimum absolute atomic E-state index is 0. The lowest BCUT2D eigenvalue weighted by atomic mass is 9.95. The molecule has 2 atom stereocenters. The molecule has 0 aliphatic heterocycles. The molecular formula is C14H16Cl2F2N2. The highest BCUT2D eigenvalue weighted by Gasteiger charge is 2.17. The second-order valence-corrected chi connectivity index (χ2v) is 4.15. The summed E-state index contributed by atoms with van der Waals surface area (Å²) in [7, 11) is 0. The SMILES string of the molecule is Cl.Cl.NC(c1ccc(F)cc1)C(N)c1ccc(F)cc1. The van der Waals surface area contributed by atoms with Crippen LogP contribution in [-0.4, -0.2) is 0 Å². The van der Waals surface area contributed by atoms with E-state index in [-0.39, 0.29) is 36.4 Å². The van der Waals surface area contributed by atoms with Gasteiger partial charge in [-0.1, -0.05) is 24.3 Å². The molecule has 0 heterocycles. The van der Waals surface area contributed by atoms with E-state index in [1.165, 1.54) is 24.3 Å². The second-order valence-electron chi connectivity index (χ2n) is 4.15. The Bertz CT molecular complexity index is 468. The molecule has 20 heavy (non-hydrogen) atoms. The zero-order valence-electron chi connectivity index (χ0n) is 10.5. The largest absolute Gasteiger partial charge is 0.322 e. The van der Waals surface area contributed by atoms with Crippen molar-refractivity contribution in [3.8, 4) is 0 Å². The first kappa shape index (κ1) is 18.8. The summed E-state index contributed by atoms with van der Waals surface area (Å²) >= 11 is 0. The molecule has 0 aromatic heterocycles. The molecule has 0 aliphatic rings. The summed E-state index contributed by atoms with van der Waals surface area (Å²) in [4.78, 5) is 0. The Kier molecular flexibility index (Phi) is 7.68. The lowest BCUT2D eigenvalue weighted by molar-refractivity contribution is 0.567. The van der Waals surface area contributed by atoms with Gasteiger partial charge in [0.15, 0.2) is 0 Å². The van der Waals surface area contributed by atoms with Crippen LogP contribution in [0.25, 0.3) is 0 Å². The molecule has 0 saturated heterocycles. The number of benzene rings is 2. The highest BCUT2D eigenvalue weighted by molar-refractivity contribution is 5.85. The molecule has 2 aromatic rings. The summed E-state index contributed by atoms with van der Waals surface area (Å²) in [6.07, 6.45) is 0. The number of rotatable bonds is 3. The second kappa shape index (κ2) is 8.17. The van der Waals surface area contributed by atoms with Crippen molar-refractivity contribution in [2.75, 3.05) is 0 Å². The van der Waals surface area contributed by atoms with Crippen LogP contribution in [0.15, 0.2) is 48.5 Å². The maximum atomic E-state index is 12.8. The van der Waals surface area contributed by atoms with Crippen LogP contribution in [-0.2, 0) is 0 Å². The van der Waals surface area contributed by atoms with Crippen molar-refractivity contribution in [1.82, 2.24) is 0 Å². The minimum atomic E-state index is -0.462. The van der Waals surface area contributed by atoms with Gasteiger partial charge < -0.3 is 11.5 Å². The summed E-state index contributed by atoms with van der Waals surface area (Å²) in [5.74, 6) is -0.636. The third kappa shape index (κ3) is 4.42. The Morgan fingerprint density at radius 2 is 0.850 bits per heavy atom. The van der Waals surface area contributed by atoms with Crippen LogP contribution in [0.4, 0.5) is 8.78 Å². The topological polar surface area (TPSA) is 52.0 Å². The summed E-state index contributed by atoms with van der Waals surface area (Å²) in [5, 5.41) is 0. The Labute approximate surface area is 129 Å². The Morgan fingerprint density at radius 1 is 0.600 bits per heavy atom. The van der Waals surface area contributed by atoms with Crippen molar-refractivity contribution in [3.63, 3.8) is 0 Å². The van der Waals surface area contributed by atoms with Crippen molar-refractivity contribution >= 4 is 24.8 Å².